The van der Waals surface area contributed by atoms with Gasteiger partial charge in [0.1, 0.15) is 0 Å². The van der Waals surface area contributed by atoms with Crippen molar-refractivity contribution >= 4 is 6.47 Å². The third-order valence-corrected chi connectivity index (χ3v) is 0. The number of rotatable bonds is 0. The Hall–Kier alpha value is -0.135. The zero-order chi connectivity index (χ0) is 6.28. The molecule has 0 aliphatic carbocycles. The molecule has 0 aromatic carbocycles. The summed E-state index contributed by atoms with van der Waals surface area (Å²) in [6, 6.07) is 0. The van der Waals surface area contributed by atoms with Crippen molar-refractivity contribution in [1.82, 2.24) is 0 Å². The molecule has 0 atom stereocenters. The summed E-state index contributed by atoms with van der Waals surface area (Å²) in [6.45, 7) is -0.500. The van der Waals surface area contributed by atoms with Gasteiger partial charge in [-0.05, 0) is 0 Å². The van der Waals surface area contributed by atoms with E-state index in [0.29, 0.717) is 0 Å². The first-order valence-electron chi connectivity index (χ1n) is 1.04. The fourth-order valence-corrected chi connectivity index (χ4v) is 0. The van der Waals surface area contributed by atoms with Gasteiger partial charge in [-0.3, -0.25) is 0 Å². The molecule has 0 saturated heterocycles. The van der Waals surface area contributed by atoms with Crippen LogP contribution in [0.1, 0.15) is 0 Å². The van der Waals surface area contributed by atoms with Crippen molar-refractivity contribution in [2.45, 2.75) is 0 Å². The third kappa shape index (κ3) is 7590. The summed E-state index contributed by atoms with van der Waals surface area (Å²) in [6.07, 6.45) is 0. The molecule has 8 heavy (non-hydrogen) atoms. The van der Waals surface area contributed by atoms with E-state index in [1.54, 1.807) is 0 Å². The second-order valence-corrected chi connectivity index (χ2v) is 0.334. The number of carbonyl (C=O) groups is 1. The molecule has 0 heterocycles. The molecule has 0 rings (SSSR count). The molecular formula is CH2LaNO5+2. The normalized spacial score (nSPS) is 4.50. The van der Waals surface area contributed by atoms with Crippen molar-refractivity contribution < 1.29 is 55.8 Å². The summed E-state index contributed by atoms with van der Waals surface area (Å²) >= 11 is 0. The zero-order valence-corrected chi connectivity index (χ0v) is 7.31. The molecule has 0 aliphatic rings. The topological polar surface area (TPSA) is 104 Å². The van der Waals surface area contributed by atoms with Gasteiger partial charge in [0.05, 0.1) is 0 Å². The first kappa shape index (κ1) is 15.7. The SMILES string of the molecule is O=C[O-].O=[N+]([O-])O.[La+3]. The predicted molar refractivity (Wildman–Crippen MR) is 14.8 cm³/mol. The number of hydrogen-bond donors (Lipinski definition) is 1. The van der Waals surface area contributed by atoms with Gasteiger partial charge in [0.25, 0.3) is 5.09 Å². The summed E-state index contributed by atoms with van der Waals surface area (Å²) in [5.74, 6) is 0. The van der Waals surface area contributed by atoms with Gasteiger partial charge in [0.2, 0.25) is 0 Å². The minimum absolute atomic E-state index is 0. The average molecular weight is 247 g/mol. The van der Waals surface area contributed by atoms with Gasteiger partial charge in [0, 0.05) is 6.47 Å². The first-order valence-corrected chi connectivity index (χ1v) is 1.04. The van der Waals surface area contributed by atoms with E-state index in [2.05, 4.69) is 0 Å². The van der Waals surface area contributed by atoms with Crippen molar-refractivity contribution in [2.24, 2.45) is 0 Å². The average Bonchev–Trinajstić information content (AvgIpc) is 1.33. The van der Waals surface area contributed by atoms with Crippen molar-refractivity contribution in [3.8, 4) is 0 Å². The number of hydrogen-bond acceptors (Lipinski definition) is 4. The van der Waals surface area contributed by atoms with E-state index in [-0.39, 0.29) is 35.6 Å². The Morgan fingerprint density at radius 2 is 1.62 bits per heavy atom. The Balaban J connectivity index is -0.0000000575. The second kappa shape index (κ2) is 15.8. The quantitative estimate of drug-likeness (QED) is 0.303. The molecule has 0 aliphatic heterocycles. The number of carboxylic acid groups (broad SMARTS) is 1. The van der Waals surface area contributed by atoms with Crippen molar-refractivity contribution in [1.29, 1.82) is 0 Å². The molecular weight excluding hydrogens is 245 g/mol. The van der Waals surface area contributed by atoms with Gasteiger partial charge in [-0.25, -0.2) is 0 Å². The molecule has 0 saturated carbocycles. The van der Waals surface area contributed by atoms with Crippen LogP contribution in [0.4, 0.5) is 0 Å². The summed E-state index contributed by atoms with van der Waals surface area (Å²) in [7, 11) is 0. The molecule has 0 aromatic rings. The number of carbonyl (C=O) groups excluding carboxylic acids is 1. The van der Waals surface area contributed by atoms with Gasteiger partial charge < -0.3 is 15.1 Å². The molecule has 6 nitrogen and oxygen atoms in total. The van der Waals surface area contributed by atoms with Gasteiger partial charge in [-0.2, -0.15) is 0 Å². The summed E-state index contributed by atoms with van der Waals surface area (Å²) in [5, 5.41) is 21.9. The van der Waals surface area contributed by atoms with E-state index < -0.39 is 11.6 Å². The maximum Gasteiger partial charge on any atom is 3.00 e. The Morgan fingerprint density at radius 3 is 1.62 bits per heavy atom. The zero-order valence-electron chi connectivity index (χ0n) is 3.68. The maximum atomic E-state index is 8.36. The Labute approximate surface area is 72.2 Å². The standard InChI is InChI=1S/CH2O2.La.HNO3/c2-1-3;;2-1(3)4/h1H,(H,2,3);;(H,2,3,4)/q;+3;/p-1. The second-order valence-electron chi connectivity index (χ2n) is 0.334. The summed E-state index contributed by atoms with van der Waals surface area (Å²) in [4.78, 5) is 16.6. The van der Waals surface area contributed by atoms with Crippen molar-refractivity contribution in [3.05, 3.63) is 10.1 Å². The van der Waals surface area contributed by atoms with Crippen LogP contribution in [0, 0.1) is 45.7 Å². The largest absolute Gasteiger partial charge is 3.00 e. The van der Waals surface area contributed by atoms with Crippen LogP contribution in [0.15, 0.2) is 0 Å². The summed E-state index contributed by atoms with van der Waals surface area (Å²) in [5.41, 5.74) is 0. The van der Waals surface area contributed by atoms with Crippen LogP contribution in [0.25, 0.3) is 0 Å². The van der Waals surface area contributed by atoms with Crippen LogP contribution >= 0.6 is 0 Å². The minimum Gasteiger partial charge on any atom is -0.554 e. The maximum absolute atomic E-state index is 8.36. The molecule has 0 amide bonds. The smallest absolute Gasteiger partial charge is 0.554 e. The van der Waals surface area contributed by atoms with Gasteiger partial charge in [-0.1, -0.05) is 0 Å². The molecule has 7 heteroatoms. The monoisotopic (exact) mass is 247 g/mol. The van der Waals surface area contributed by atoms with E-state index in [9.17, 15) is 0 Å². The minimum atomic E-state index is -1.50. The molecule has 0 fully saturated rings. The predicted octanol–water partition coefficient (Wildman–Crippen LogP) is -1.98. The summed E-state index contributed by atoms with van der Waals surface area (Å²) < 4.78 is 0. The molecule has 0 bridgehead atoms. The van der Waals surface area contributed by atoms with Crippen LogP contribution in [0.2, 0.25) is 0 Å². The molecule has 0 unspecified atom stereocenters. The van der Waals surface area contributed by atoms with Crippen LogP contribution in [0.5, 0.6) is 0 Å². The Kier molecular flexibility index (Phi) is 30.9. The fraction of sp³-hybridized carbons (Fsp3) is 0. The molecule has 0 spiro atoms. The first-order chi connectivity index (χ1) is 3.15. The van der Waals surface area contributed by atoms with Crippen molar-refractivity contribution in [3.63, 3.8) is 0 Å². The van der Waals surface area contributed by atoms with E-state index in [4.69, 9.17) is 25.2 Å². The number of nitrogens with zero attached hydrogens (tertiary/aromatic N) is 1. The van der Waals surface area contributed by atoms with Gasteiger partial charge >= 0.3 is 35.6 Å². The van der Waals surface area contributed by atoms with Gasteiger partial charge in [-0.15, -0.1) is 10.1 Å². The van der Waals surface area contributed by atoms with Crippen LogP contribution < -0.4 is 5.11 Å². The van der Waals surface area contributed by atoms with E-state index in [0.717, 1.165) is 0 Å². The Bertz CT molecular complexity index is 59.4. The van der Waals surface area contributed by atoms with E-state index in [1.165, 1.54) is 0 Å². The third-order valence-electron chi connectivity index (χ3n) is 0. The van der Waals surface area contributed by atoms with Crippen LogP contribution in [-0.2, 0) is 4.79 Å². The molecule has 0 aromatic heterocycles. The van der Waals surface area contributed by atoms with E-state index in [1.807, 2.05) is 0 Å². The fourth-order valence-electron chi connectivity index (χ4n) is 0. The van der Waals surface area contributed by atoms with Crippen LogP contribution in [0.3, 0.4) is 0 Å². The molecule has 42 valence electrons. The van der Waals surface area contributed by atoms with E-state index >= 15 is 0 Å². The molecule has 1 N–H and O–H groups in total. The molecule has 0 radical (unpaired) electrons. The Morgan fingerprint density at radius 1 is 1.62 bits per heavy atom. The van der Waals surface area contributed by atoms with Gasteiger partial charge in [0.15, 0.2) is 0 Å². The van der Waals surface area contributed by atoms with Crippen LogP contribution in [-0.4, -0.2) is 16.8 Å². The van der Waals surface area contributed by atoms with Crippen molar-refractivity contribution in [2.75, 3.05) is 0 Å².